The maximum absolute atomic E-state index is 11.3. The predicted octanol–water partition coefficient (Wildman–Crippen LogP) is 9.27. The molecule has 286 valence electrons. The smallest absolute Gasteiger partial charge is 0.330 e. The van der Waals surface area contributed by atoms with Crippen LogP contribution in [0.25, 0.3) is 0 Å². The molecule has 8 heteroatoms. The third kappa shape index (κ3) is 12.2. The lowest BCUT2D eigenvalue weighted by molar-refractivity contribution is -0.120. The molecule has 0 bridgehead atoms. The third-order valence-corrected chi connectivity index (χ3v) is 14.3. The van der Waals surface area contributed by atoms with Gasteiger partial charge in [-0.05, 0) is 181 Å². The van der Waals surface area contributed by atoms with Gasteiger partial charge in [-0.2, -0.15) is 8.42 Å². The number of hydrogen-bond acceptors (Lipinski definition) is 6. The fourth-order valence-corrected chi connectivity index (χ4v) is 11.6. The van der Waals surface area contributed by atoms with Gasteiger partial charge in [0.05, 0.1) is 6.10 Å². The molecule has 0 aromatic heterocycles. The second kappa shape index (κ2) is 20.7. The van der Waals surface area contributed by atoms with Gasteiger partial charge in [0.15, 0.2) is 0 Å². The van der Waals surface area contributed by atoms with Gasteiger partial charge in [0.1, 0.15) is 0 Å². The van der Waals surface area contributed by atoms with Crippen molar-refractivity contribution in [1.29, 1.82) is 0 Å². The van der Waals surface area contributed by atoms with E-state index in [9.17, 15) is 13.0 Å². The summed E-state index contributed by atoms with van der Waals surface area (Å²) in [5.41, 5.74) is 6.40. The van der Waals surface area contributed by atoms with Crippen molar-refractivity contribution in [3.8, 4) is 0 Å². The molecule has 0 amide bonds. The quantitative estimate of drug-likeness (QED) is 0.0833. The van der Waals surface area contributed by atoms with Gasteiger partial charge in [-0.15, -0.1) is 0 Å². The van der Waals surface area contributed by atoms with Crippen LogP contribution in [0.2, 0.25) is 0 Å². The van der Waals surface area contributed by atoms with Gasteiger partial charge in [0.25, 0.3) is 0 Å². The summed E-state index contributed by atoms with van der Waals surface area (Å²) < 4.78 is 36.8. The molecule has 4 aliphatic rings. The first kappa shape index (κ1) is 43.9. The van der Waals surface area contributed by atoms with Gasteiger partial charge in [0.2, 0.25) is 0 Å². The van der Waals surface area contributed by atoms with Gasteiger partial charge in [-0.3, -0.25) is 4.55 Å². The number of unbranched alkanes of at least 4 members (excludes halogenated alkanes) is 2. The van der Waals surface area contributed by atoms with Crippen LogP contribution in [-0.2, 0) is 14.6 Å². The Morgan fingerprint density at radius 3 is 2.04 bits per heavy atom. The Kier molecular flexibility index (Phi) is 18.9. The lowest BCUT2D eigenvalue weighted by Gasteiger charge is -2.61. The number of hydrogen-bond donors (Lipinski definition) is 4. The molecule has 10 atom stereocenters. The number of fused-ring (bicyclic) bond motifs is 5. The first-order valence-electron chi connectivity index (χ1n) is 20.0. The molecule has 4 rings (SSSR count). The van der Waals surface area contributed by atoms with Crippen molar-refractivity contribution in [2.75, 3.05) is 32.7 Å². The monoisotopic (exact) mass is 700 g/mol. The van der Waals surface area contributed by atoms with Crippen molar-refractivity contribution >= 4 is 10.4 Å². The average molecular weight is 700 g/mol. The zero-order valence-corrected chi connectivity index (χ0v) is 32.5. The van der Waals surface area contributed by atoms with E-state index in [-0.39, 0.29) is 13.3 Å². The summed E-state index contributed by atoms with van der Waals surface area (Å²) in [4.78, 5) is 0. The molecule has 0 saturated heterocycles. The first-order chi connectivity index (χ1) is 22.3. The maximum atomic E-state index is 11.3. The van der Waals surface area contributed by atoms with Crippen molar-refractivity contribution in [3.63, 3.8) is 0 Å². The van der Waals surface area contributed by atoms with Gasteiger partial charge in [0, 0.05) is 0 Å². The van der Waals surface area contributed by atoms with Crippen LogP contribution in [0, 0.1) is 58.2 Å². The number of nitrogens with two attached hydrogens (primary N) is 1. The highest BCUT2D eigenvalue weighted by atomic mass is 32.3. The van der Waals surface area contributed by atoms with Crippen LogP contribution in [0.4, 0.5) is 0 Å². The molecule has 7 nitrogen and oxygen atoms in total. The molecule has 48 heavy (non-hydrogen) atoms. The minimum Gasteiger partial charge on any atom is -0.330 e. The summed E-state index contributed by atoms with van der Waals surface area (Å²) in [5, 5.41) is 6.82. The summed E-state index contributed by atoms with van der Waals surface area (Å²) >= 11 is 0. The van der Waals surface area contributed by atoms with Crippen LogP contribution in [0.3, 0.4) is 0 Å². The van der Waals surface area contributed by atoms with Crippen LogP contribution >= 0.6 is 0 Å². The Balaban J connectivity index is 0.000000454. The van der Waals surface area contributed by atoms with Crippen LogP contribution in [0.1, 0.15) is 159 Å². The van der Waals surface area contributed by atoms with E-state index in [1.165, 1.54) is 96.6 Å². The van der Waals surface area contributed by atoms with E-state index in [4.69, 9.17) is 9.92 Å². The standard InChI is InChI=1S/C28H50O4S.C11H27N3.CH4/c1-18(2)26(32-33(29,30)31)12-7-20(4)23-10-11-24-22-9-8-21-17-19(3)13-15-27(21,5)25(22)14-16-28(23,24)6;1-2-3-8-13-9-4-5-10-14-11-6-7-12;/h18-26H,7-17H2,1-6H3,(H,29,30,31);13-14H,2-12H2,1H3;1H4/t19?,20-,21?,22?,23?,24?,25?,26?,27?,28?;;/m1../s1. The van der Waals surface area contributed by atoms with E-state index in [0.29, 0.717) is 23.2 Å². The summed E-state index contributed by atoms with van der Waals surface area (Å²) in [5.74, 6) is 5.95. The fourth-order valence-electron chi connectivity index (χ4n) is 11.0. The molecule has 4 fully saturated rings. The van der Waals surface area contributed by atoms with Crippen molar-refractivity contribution in [2.45, 2.75) is 165 Å². The van der Waals surface area contributed by atoms with Gasteiger partial charge >= 0.3 is 10.4 Å². The van der Waals surface area contributed by atoms with Gasteiger partial charge in [-0.1, -0.05) is 68.7 Å². The zero-order valence-electron chi connectivity index (χ0n) is 31.7. The van der Waals surface area contributed by atoms with Crippen LogP contribution in [0.5, 0.6) is 0 Å². The minimum absolute atomic E-state index is 0. The van der Waals surface area contributed by atoms with E-state index in [0.717, 1.165) is 68.0 Å². The highest BCUT2D eigenvalue weighted by Crippen LogP contribution is 2.68. The van der Waals surface area contributed by atoms with E-state index in [2.05, 4.69) is 45.3 Å². The number of rotatable bonds is 18. The highest BCUT2D eigenvalue weighted by molar-refractivity contribution is 7.80. The Bertz CT molecular complexity index is 983. The van der Waals surface area contributed by atoms with Crippen LogP contribution in [-0.4, -0.2) is 51.8 Å². The van der Waals surface area contributed by atoms with Crippen molar-refractivity contribution in [3.05, 3.63) is 0 Å². The lowest BCUT2D eigenvalue weighted by atomic mass is 9.44. The third-order valence-electron chi connectivity index (χ3n) is 13.8. The maximum Gasteiger partial charge on any atom is 0.397 e. The molecule has 0 spiro atoms. The predicted molar refractivity (Wildman–Crippen MR) is 204 cm³/mol. The normalized spacial score (nSPS) is 34.2. The molecule has 0 aliphatic heterocycles. The summed E-state index contributed by atoms with van der Waals surface area (Å²) in [7, 11) is -4.40. The summed E-state index contributed by atoms with van der Waals surface area (Å²) in [6, 6.07) is 0. The van der Waals surface area contributed by atoms with Crippen molar-refractivity contribution < 1.29 is 17.2 Å². The second-order valence-corrected chi connectivity index (χ2v) is 18.4. The first-order valence-corrected chi connectivity index (χ1v) is 21.4. The topological polar surface area (TPSA) is 114 Å². The van der Waals surface area contributed by atoms with E-state index >= 15 is 0 Å². The number of nitrogens with one attached hydrogen (secondary N) is 2. The molecule has 4 aliphatic carbocycles. The van der Waals surface area contributed by atoms with Crippen molar-refractivity contribution in [1.82, 2.24) is 10.6 Å². The van der Waals surface area contributed by atoms with Crippen molar-refractivity contribution in [2.24, 2.45) is 63.9 Å². The molecule has 4 saturated carbocycles. The Morgan fingerprint density at radius 2 is 1.44 bits per heavy atom. The fraction of sp³-hybridized carbons (Fsp3) is 1.00. The molecular weight excluding hydrogens is 619 g/mol. The SMILES string of the molecule is C.CC1CCC2(C)C(CCC3C2CCC2(C)C3CCC2[C@H](C)CCC(OS(=O)(=O)O)C(C)C)C1.CCCCNCCCCNCCCN. The van der Waals surface area contributed by atoms with E-state index < -0.39 is 16.5 Å². The Hall–Kier alpha value is -0.250. The zero-order chi connectivity index (χ0) is 34.7. The van der Waals surface area contributed by atoms with Gasteiger partial charge in [-0.25, -0.2) is 4.18 Å². The van der Waals surface area contributed by atoms with E-state index in [1.54, 1.807) is 0 Å². The second-order valence-electron chi connectivity index (χ2n) is 17.3. The average Bonchev–Trinajstić information content (AvgIpc) is 3.37. The van der Waals surface area contributed by atoms with Crippen LogP contribution in [0.15, 0.2) is 0 Å². The molecule has 0 heterocycles. The minimum atomic E-state index is -4.40. The summed E-state index contributed by atoms with van der Waals surface area (Å²) in [6.07, 6.45) is 20.2. The largest absolute Gasteiger partial charge is 0.397 e. The summed E-state index contributed by atoms with van der Waals surface area (Å²) in [6.45, 7) is 21.6. The Morgan fingerprint density at radius 1 is 0.833 bits per heavy atom. The van der Waals surface area contributed by atoms with E-state index in [1.807, 2.05) is 13.8 Å². The molecule has 0 aromatic carbocycles. The molecular formula is C40H81N3O4S. The molecule has 0 radical (unpaired) electrons. The Labute approximate surface area is 298 Å². The lowest BCUT2D eigenvalue weighted by Crippen LogP contribution is -2.53. The highest BCUT2D eigenvalue weighted by Gasteiger charge is 2.60. The molecule has 0 aromatic rings. The van der Waals surface area contributed by atoms with Gasteiger partial charge < -0.3 is 16.4 Å². The molecule has 5 N–H and O–H groups in total. The van der Waals surface area contributed by atoms with Crippen LogP contribution < -0.4 is 16.4 Å². The molecule has 9 unspecified atom stereocenters.